The molecule has 1 aliphatic rings. The van der Waals surface area contributed by atoms with E-state index in [2.05, 4.69) is 99.5 Å². The number of halogens is 2. The monoisotopic (exact) mass is 536 g/mol. The summed E-state index contributed by atoms with van der Waals surface area (Å²) in [4.78, 5) is 0. The van der Waals surface area contributed by atoms with Crippen LogP contribution in [-0.4, -0.2) is 13.8 Å². The summed E-state index contributed by atoms with van der Waals surface area (Å²) < 4.78 is 5.68. The fraction of sp³-hybridized carbons (Fsp3) is 0.261. The molecule has 1 nitrogen and oxygen atoms in total. The van der Waals surface area contributed by atoms with E-state index >= 15 is 0 Å². The second kappa shape index (κ2) is 13.7. The third kappa shape index (κ3) is 10.4. The summed E-state index contributed by atoms with van der Waals surface area (Å²) in [6.45, 7) is 11.2. The Bertz CT molecular complexity index is 917. The van der Waals surface area contributed by atoms with E-state index in [-0.39, 0.29) is 30.2 Å². The molecule has 0 heterocycles. The van der Waals surface area contributed by atoms with Crippen molar-refractivity contribution < 1.29 is 52.6 Å². The van der Waals surface area contributed by atoms with Gasteiger partial charge in [0.05, 0.1) is 0 Å². The molecule has 29 heavy (non-hydrogen) atoms. The van der Waals surface area contributed by atoms with Crippen molar-refractivity contribution in [2.75, 3.05) is 0 Å². The molecule has 3 aromatic carbocycles. The van der Waals surface area contributed by atoms with E-state index in [1.807, 2.05) is 6.08 Å². The van der Waals surface area contributed by atoms with Crippen molar-refractivity contribution in [3.05, 3.63) is 78.6 Å². The van der Waals surface area contributed by atoms with Gasteiger partial charge in [-0.2, -0.15) is 6.08 Å². The number of fused-ring (bicyclic) bond motifs is 3. The quantitative estimate of drug-likeness (QED) is 0.350. The number of hydrogen-bond acceptors (Lipinski definition) is 1. The predicted molar refractivity (Wildman–Crippen MR) is 119 cm³/mol. The summed E-state index contributed by atoms with van der Waals surface area (Å²) >= 11 is 1.74. The van der Waals surface area contributed by atoms with Crippen LogP contribution in [0.3, 0.4) is 0 Å². The van der Waals surface area contributed by atoms with Crippen LogP contribution in [0.4, 0.5) is 0 Å². The van der Waals surface area contributed by atoms with Gasteiger partial charge in [-0.3, -0.25) is 6.08 Å². The molecule has 154 valence electrons. The maximum atomic E-state index is 5.68. The molecule has 0 fully saturated rings. The van der Waals surface area contributed by atoms with Gasteiger partial charge in [-0.15, -0.1) is 52.2 Å². The molecule has 4 rings (SSSR count). The number of allylic oxidation sites excluding steroid dienone is 3. The van der Waals surface area contributed by atoms with Gasteiger partial charge >= 0.3 is 41.9 Å². The minimum atomic E-state index is -1.36. The van der Waals surface area contributed by atoms with E-state index in [4.69, 9.17) is 4.43 Å². The molecular weight excluding hydrogens is 511 g/mol. The third-order valence-electron chi connectivity index (χ3n) is 3.61. The van der Waals surface area contributed by atoms with Gasteiger partial charge in [0.25, 0.3) is 0 Å². The van der Waals surface area contributed by atoms with Gasteiger partial charge in [-0.05, 0) is 19.6 Å². The topological polar surface area (TPSA) is 9.23 Å². The second-order valence-corrected chi connectivity index (χ2v) is 21.5. The molecule has 1 aliphatic carbocycles. The number of rotatable bonds is 2. The zero-order chi connectivity index (χ0) is 19.9. The Labute approximate surface area is 204 Å². The Morgan fingerprint density at radius 1 is 0.931 bits per heavy atom. The molecule has 0 aromatic heterocycles. The summed E-state index contributed by atoms with van der Waals surface area (Å²) in [7, 11) is -1.36. The zero-order valence-electron chi connectivity index (χ0n) is 17.7. The Morgan fingerprint density at radius 3 is 1.76 bits per heavy atom. The van der Waals surface area contributed by atoms with Gasteiger partial charge in [-0.25, -0.2) is 0 Å². The third-order valence-corrected chi connectivity index (χ3v) is 4.46. The van der Waals surface area contributed by atoms with Crippen molar-refractivity contribution in [3.63, 3.8) is 0 Å². The minimum absolute atomic E-state index is 0. The van der Waals surface area contributed by atoms with Crippen LogP contribution in [-0.2, 0) is 27.8 Å². The summed E-state index contributed by atoms with van der Waals surface area (Å²) in [6.07, 6.45) is 7.99. The Hall–Kier alpha value is -0.513. The smallest absolute Gasteiger partial charge is 0.0771 e. The summed E-state index contributed by atoms with van der Waals surface area (Å²) in [5, 5.41) is 5.39. The Morgan fingerprint density at radius 2 is 1.38 bits per heavy atom. The summed E-state index contributed by atoms with van der Waals surface area (Å²) in [5.41, 5.74) is 0.210. The van der Waals surface area contributed by atoms with Crippen LogP contribution in [0.2, 0.25) is 32.7 Å². The normalized spacial score (nSPS) is 11.9. The van der Waals surface area contributed by atoms with Gasteiger partial charge in [0.2, 0.25) is 8.32 Å². The predicted octanol–water partition coefficient (Wildman–Crippen LogP) is 0.989. The second-order valence-electron chi connectivity index (χ2n) is 7.69. The standard InChI is InChI=1S/C13H9.C8H13OSi.C2H6Si.2ClH.Zr/c1-3-7-12-10(5-1)9-11-6-2-4-8-13(11)12;1-10(2,3)9-8-6-4-5-7-8;1-3-2;;;/h1-9H;6-7H,4H2,1-3H3;1-2H3;2*1H;/q2*-1;;;;+2/p-2. The fourth-order valence-electron chi connectivity index (χ4n) is 2.71. The summed E-state index contributed by atoms with van der Waals surface area (Å²) in [6, 6.07) is 19.3. The first-order chi connectivity index (χ1) is 12.8. The molecule has 0 radical (unpaired) electrons. The van der Waals surface area contributed by atoms with Crippen LogP contribution in [0.1, 0.15) is 6.42 Å². The molecule has 0 bridgehead atoms. The number of hydrogen-bond donors (Lipinski definition) is 0. The van der Waals surface area contributed by atoms with Gasteiger partial charge in [0, 0.05) is 0 Å². The van der Waals surface area contributed by atoms with Crippen LogP contribution >= 0.6 is 0 Å². The van der Waals surface area contributed by atoms with Crippen molar-refractivity contribution in [2.45, 2.75) is 39.2 Å². The molecular formula is C23H28Cl2OSi2Zr-2. The molecule has 6 heteroatoms. The minimum Gasteiger partial charge on any atom is -1.00 e. The molecule has 0 unspecified atom stereocenters. The van der Waals surface area contributed by atoms with Crippen LogP contribution in [0, 0.1) is 6.08 Å². The van der Waals surface area contributed by atoms with Gasteiger partial charge < -0.3 is 29.2 Å². The van der Waals surface area contributed by atoms with E-state index in [0.717, 1.165) is 12.2 Å². The summed E-state index contributed by atoms with van der Waals surface area (Å²) in [5.74, 6) is 1.01. The molecule has 0 spiro atoms. The molecule has 0 amide bonds. The van der Waals surface area contributed by atoms with Gasteiger partial charge in [0.1, 0.15) is 0 Å². The zero-order valence-corrected chi connectivity index (χ0v) is 23.7. The average Bonchev–Trinajstić information content (AvgIpc) is 3.20. The Balaban J connectivity index is 0.000000443. The molecule has 0 aliphatic heterocycles. The van der Waals surface area contributed by atoms with Crippen LogP contribution < -0.4 is 24.8 Å². The first kappa shape index (κ1) is 28.5. The van der Waals surface area contributed by atoms with Crippen molar-refractivity contribution >= 4 is 35.3 Å². The first-order valence-corrected chi connectivity index (χ1v) is 18.9. The Kier molecular flexibility index (Phi) is 13.5. The van der Waals surface area contributed by atoms with E-state index in [0.29, 0.717) is 0 Å². The largest absolute Gasteiger partial charge is 1.00 e. The molecule has 0 saturated carbocycles. The fourth-order valence-corrected chi connectivity index (χ4v) is 3.56. The SMILES string of the molecule is C[Si](C)(C)OC1=CC[C-]=C1.C[Si](C)=[Zr+2].[Cl-].[Cl-].c1ccc2c(c1)[cH-]c1ccccc12. The van der Waals surface area contributed by atoms with Gasteiger partial charge in [-0.1, -0.05) is 42.2 Å². The van der Waals surface area contributed by atoms with Crippen LogP contribution in [0.15, 0.2) is 72.5 Å². The molecule has 0 atom stereocenters. The number of benzene rings is 2. The van der Waals surface area contributed by atoms with E-state index in [1.165, 1.54) is 21.5 Å². The van der Waals surface area contributed by atoms with Crippen molar-refractivity contribution in [2.24, 2.45) is 0 Å². The maximum absolute atomic E-state index is 5.68. The van der Waals surface area contributed by atoms with Crippen molar-refractivity contribution in [1.82, 2.24) is 0 Å². The van der Waals surface area contributed by atoms with Gasteiger partial charge in [0.15, 0.2) is 0 Å². The molecule has 3 aromatic rings. The molecule has 0 N–H and O–H groups in total. The maximum Gasteiger partial charge on any atom is -0.0771 e. The molecule has 0 saturated heterocycles. The van der Waals surface area contributed by atoms with Crippen LogP contribution in [0.5, 0.6) is 0 Å². The first-order valence-electron chi connectivity index (χ1n) is 9.27. The average molecular weight is 539 g/mol. The van der Waals surface area contributed by atoms with Crippen LogP contribution in [0.25, 0.3) is 21.5 Å². The van der Waals surface area contributed by atoms with E-state index in [1.54, 1.807) is 23.3 Å². The van der Waals surface area contributed by atoms with Crippen molar-refractivity contribution in [3.8, 4) is 0 Å². The van der Waals surface area contributed by atoms with E-state index < -0.39 is 8.32 Å². The van der Waals surface area contributed by atoms with E-state index in [9.17, 15) is 0 Å². The van der Waals surface area contributed by atoms with Crippen molar-refractivity contribution in [1.29, 1.82) is 0 Å².